The van der Waals surface area contributed by atoms with Crippen LogP contribution < -0.4 is 10.6 Å². The maximum atomic E-state index is 12.9. The lowest BCUT2D eigenvalue weighted by atomic mass is 10.1. The van der Waals surface area contributed by atoms with Crippen LogP contribution in [0.5, 0.6) is 0 Å². The van der Waals surface area contributed by atoms with Crippen LogP contribution in [0.2, 0.25) is 0 Å². The lowest BCUT2D eigenvalue weighted by Crippen LogP contribution is -2.45. The molecule has 1 fully saturated rings. The van der Waals surface area contributed by atoms with Crippen LogP contribution in [0.4, 0.5) is 4.39 Å². The van der Waals surface area contributed by atoms with E-state index in [1.54, 1.807) is 12.1 Å². The van der Waals surface area contributed by atoms with Crippen molar-refractivity contribution in [3.05, 3.63) is 35.6 Å². The van der Waals surface area contributed by atoms with Crippen LogP contribution in [0.25, 0.3) is 0 Å². The van der Waals surface area contributed by atoms with Gasteiger partial charge in [-0.15, -0.1) is 12.4 Å². The van der Waals surface area contributed by atoms with Crippen LogP contribution in [0, 0.1) is 5.82 Å². The quantitative estimate of drug-likeness (QED) is 0.848. The molecule has 0 bridgehead atoms. The standard InChI is InChI=1S/C12H15FN2O.ClH/c13-10-4-1-3-9(7-10)12(16)15-11-5-2-6-14-8-11;/h1,3-4,7,11,14H,2,5-6,8H2,(H,15,16);1H. The first kappa shape index (κ1) is 13.9. The Labute approximate surface area is 106 Å². The zero-order valence-electron chi connectivity index (χ0n) is 9.41. The van der Waals surface area contributed by atoms with Crippen molar-refractivity contribution in [2.75, 3.05) is 13.1 Å². The number of piperidine rings is 1. The van der Waals surface area contributed by atoms with Gasteiger partial charge in [0.25, 0.3) is 5.91 Å². The Morgan fingerprint density at radius 2 is 2.29 bits per heavy atom. The van der Waals surface area contributed by atoms with Crippen molar-refractivity contribution >= 4 is 18.3 Å². The first-order valence-electron chi connectivity index (χ1n) is 5.53. The van der Waals surface area contributed by atoms with Gasteiger partial charge in [0, 0.05) is 18.2 Å². The predicted octanol–water partition coefficient (Wildman–Crippen LogP) is 1.73. The monoisotopic (exact) mass is 258 g/mol. The van der Waals surface area contributed by atoms with Crippen molar-refractivity contribution in [3.8, 4) is 0 Å². The van der Waals surface area contributed by atoms with Gasteiger partial charge in [0.2, 0.25) is 0 Å². The minimum absolute atomic E-state index is 0. The van der Waals surface area contributed by atoms with Crippen LogP contribution in [-0.2, 0) is 0 Å². The van der Waals surface area contributed by atoms with E-state index in [-0.39, 0.29) is 30.2 Å². The zero-order valence-corrected chi connectivity index (χ0v) is 10.2. The third-order valence-electron chi connectivity index (χ3n) is 2.72. The van der Waals surface area contributed by atoms with Gasteiger partial charge in [-0.25, -0.2) is 4.39 Å². The SMILES string of the molecule is Cl.O=C(NC1CCCNC1)c1cccc(F)c1. The Morgan fingerprint density at radius 3 is 2.94 bits per heavy atom. The summed E-state index contributed by atoms with van der Waals surface area (Å²) in [6, 6.07) is 5.91. The molecule has 1 saturated heterocycles. The predicted molar refractivity (Wildman–Crippen MR) is 67.0 cm³/mol. The first-order chi connectivity index (χ1) is 7.75. The topological polar surface area (TPSA) is 41.1 Å². The van der Waals surface area contributed by atoms with Crippen molar-refractivity contribution < 1.29 is 9.18 Å². The van der Waals surface area contributed by atoms with Gasteiger partial charge in [0.1, 0.15) is 5.82 Å². The van der Waals surface area contributed by atoms with E-state index in [0.717, 1.165) is 25.9 Å². The summed E-state index contributed by atoms with van der Waals surface area (Å²) in [6.45, 7) is 1.80. The molecule has 1 aliphatic rings. The molecule has 1 aromatic carbocycles. The number of amides is 1. The third kappa shape index (κ3) is 3.98. The average molecular weight is 259 g/mol. The van der Waals surface area contributed by atoms with E-state index in [1.807, 2.05) is 0 Å². The molecular weight excluding hydrogens is 243 g/mol. The molecule has 1 aliphatic heterocycles. The molecule has 1 unspecified atom stereocenters. The maximum absolute atomic E-state index is 12.9. The Kier molecular flexibility index (Phi) is 5.38. The summed E-state index contributed by atoms with van der Waals surface area (Å²) < 4.78 is 12.9. The van der Waals surface area contributed by atoms with E-state index < -0.39 is 0 Å². The Morgan fingerprint density at radius 1 is 1.47 bits per heavy atom. The van der Waals surface area contributed by atoms with Crippen LogP contribution in [0.1, 0.15) is 23.2 Å². The number of carbonyl (C=O) groups is 1. The van der Waals surface area contributed by atoms with Gasteiger partial charge in [-0.1, -0.05) is 6.07 Å². The molecule has 0 aliphatic carbocycles. The highest BCUT2D eigenvalue weighted by atomic mass is 35.5. The molecule has 0 radical (unpaired) electrons. The highest BCUT2D eigenvalue weighted by Gasteiger charge is 2.16. The second kappa shape index (κ2) is 6.57. The highest BCUT2D eigenvalue weighted by Crippen LogP contribution is 2.06. The summed E-state index contributed by atoms with van der Waals surface area (Å²) in [5.41, 5.74) is 0.380. The maximum Gasteiger partial charge on any atom is 0.251 e. The Bertz CT molecular complexity index is 381. The number of hydrogen-bond donors (Lipinski definition) is 2. The van der Waals surface area contributed by atoms with E-state index in [0.29, 0.717) is 5.56 Å². The number of benzene rings is 1. The van der Waals surface area contributed by atoms with Gasteiger partial charge in [0.05, 0.1) is 0 Å². The van der Waals surface area contributed by atoms with Crippen LogP contribution in [0.15, 0.2) is 24.3 Å². The summed E-state index contributed by atoms with van der Waals surface area (Å²) in [5, 5.41) is 6.11. The number of nitrogens with one attached hydrogen (secondary N) is 2. The fourth-order valence-corrected chi connectivity index (χ4v) is 1.87. The van der Waals surface area contributed by atoms with Gasteiger partial charge >= 0.3 is 0 Å². The van der Waals surface area contributed by atoms with Crippen molar-refractivity contribution in [3.63, 3.8) is 0 Å². The van der Waals surface area contributed by atoms with Crippen molar-refractivity contribution in [2.45, 2.75) is 18.9 Å². The van der Waals surface area contributed by atoms with Gasteiger partial charge in [-0.3, -0.25) is 4.79 Å². The number of carbonyl (C=O) groups excluding carboxylic acids is 1. The molecule has 2 rings (SSSR count). The van der Waals surface area contributed by atoms with Gasteiger partial charge < -0.3 is 10.6 Å². The van der Waals surface area contributed by atoms with Crippen LogP contribution in [-0.4, -0.2) is 25.0 Å². The molecule has 1 aromatic rings. The minimum atomic E-state index is -0.380. The van der Waals surface area contributed by atoms with E-state index in [4.69, 9.17) is 0 Å². The smallest absolute Gasteiger partial charge is 0.251 e. The number of hydrogen-bond acceptors (Lipinski definition) is 2. The van der Waals surface area contributed by atoms with Crippen LogP contribution in [0.3, 0.4) is 0 Å². The summed E-state index contributed by atoms with van der Waals surface area (Å²) in [7, 11) is 0. The first-order valence-corrected chi connectivity index (χ1v) is 5.53. The van der Waals surface area contributed by atoms with Gasteiger partial charge in [0.15, 0.2) is 0 Å². The molecule has 0 aromatic heterocycles. The molecule has 0 saturated carbocycles. The highest BCUT2D eigenvalue weighted by molar-refractivity contribution is 5.94. The van der Waals surface area contributed by atoms with E-state index in [2.05, 4.69) is 10.6 Å². The van der Waals surface area contributed by atoms with Crippen molar-refractivity contribution in [1.29, 1.82) is 0 Å². The fourth-order valence-electron chi connectivity index (χ4n) is 1.87. The molecule has 1 atom stereocenters. The second-order valence-corrected chi connectivity index (χ2v) is 4.03. The van der Waals surface area contributed by atoms with Gasteiger partial charge in [-0.2, -0.15) is 0 Å². The van der Waals surface area contributed by atoms with Gasteiger partial charge in [-0.05, 0) is 37.6 Å². The normalized spacial score (nSPS) is 19.2. The summed E-state index contributed by atoms with van der Waals surface area (Å²) in [6.07, 6.45) is 2.04. The minimum Gasteiger partial charge on any atom is -0.348 e. The summed E-state index contributed by atoms with van der Waals surface area (Å²) >= 11 is 0. The molecule has 17 heavy (non-hydrogen) atoms. The molecule has 5 heteroatoms. The van der Waals surface area contributed by atoms with E-state index in [1.165, 1.54) is 12.1 Å². The second-order valence-electron chi connectivity index (χ2n) is 4.03. The number of rotatable bonds is 2. The molecule has 3 nitrogen and oxygen atoms in total. The molecule has 94 valence electrons. The van der Waals surface area contributed by atoms with E-state index in [9.17, 15) is 9.18 Å². The Hall–Kier alpha value is -1.13. The largest absolute Gasteiger partial charge is 0.348 e. The summed E-state index contributed by atoms with van der Waals surface area (Å²) in [4.78, 5) is 11.8. The third-order valence-corrected chi connectivity index (χ3v) is 2.72. The lowest BCUT2D eigenvalue weighted by molar-refractivity contribution is 0.0930. The molecule has 0 spiro atoms. The van der Waals surface area contributed by atoms with Crippen molar-refractivity contribution in [1.82, 2.24) is 10.6 Å². The Balaban J connectivity index is 0.00000144. The molecule has 1 heterocycles. The molecule has 2 N–H and O–H groups in total. The van der Waals surface area contributed by atoms with Crippen molar-refractivity contribution in [2.24, 2.45) is 0 Å². The number of halogens is 2. The molecule has 1 amide bonds. The fraction of sp³-hybridized carbons (Fsp3) is 0.417. The lowest BCUT2D eigenvalue weighted by Gasteiger charge is -2.23. The summed E-state index contributed by atoms with van der Waals surface area (Å²) in [5.74, 6) is -0.581. The average Bonchev–Trinajstić information content (AvgIpc) is 2.30. The zero-order chi connectivity index (χ0) is 11.4. The van der Waals surface area contributed by atoms with E-state index >= 15 is 0 Å². The van der Waals surface area contributed by atoms with Crippen LogP contribution >= 0.6 is 12.4 Å². The molecular formula is C12H16ClFN2O.